The average molecular weight is 574 g/mol. The third kappa shape index (κ3) is 5.67. The van der Waals surface area contributed by atoms with Crippen molar-refractivity contribution in [1.82, 2.24) is 19.3 Å². The molecule has 2 aromatic carbocycles. The lowest BCUT2D eigenvalue weighted by Gasteiger charge is -2.28. The highest BCUT2D eigenvalue weighted by atomic mass is 79.9. The Morgan fingerprint density at radius 2 is 2.12 bits per heavy atom. The Balaban J connectivity index is 1.43. The molecule has 174 valence electrons. The summed E-state index contributed by atoms with van der Waals surface area (Å²) in [5.41, 5.74) is 1.86. The van der Waals surface area contributed by atoms with Gasteiger partial charge in [0.15, 0.2) is 5.78 Å². The normalized spacial score (nSPS) is 13.9. The molecule has 0 radical (unpaired) electrons. The maximum atomic E-state index is 12.7. The van der Waals surface area contributed by atoms with Gasteiger partial charge in [-0.2, -0.15) is 0 Å². The number of nitrogens with two attached hydrogens (primary N) is 1. The number of fused-ring (bicyclic) bond motifs is 1. The molecule has 0 saturated carbocycles. The number of carbonyl (C=O) groups is 1. The number of Topliss-reactive ketones (excluding diaryl/α,β-unsaturated/α-hetero) is 1. The summed E-state index contributed by atoms with van der Waals surface area (Å²) in [4.78, 5) is 13.2. The van der Waals surface area contributed by atoms with Gasteiger partial charge in [0.05, 0.1) is 42.9 Å². The lowest BCUT2D eigenvalue weighted by atomic mass is 10.1. The molecule has 0 atom stereocenters. The predicted octanol–water partition coefficient (Wildman–Crippen LogP) is 3.13. The second-order valence-corrected chi connectivity index (χ2v) is 11.1. The molecule has 0 amide bonds. The maximum Gasteiger partial charge on any atom is 0.239 e. The molecule has 0 aliphatic carbocycles. The number of ether oxygens (including phenoxy) is 1. The van der Waals surface area contributed by atoms with Crippen LogP contribution in [-0.4, -0.2) is 47.3 Å². The fourth-order valence-electron chi connectivity index (χ4n) is 3.15. The van der Waals surface area contributed by atoms with E-state index in [1.165, 1.54) is 29.8 Å². The summed E-state index contributed by atoms with van der Waals surface area (Å²) < 4.78 is 32.9. The zero-order chi connectivity index (χ0) is 23.8. The molecule has 2 heterocycles. The van der Waals surface area contributed by atoms with Gasteiger partial charge in [-0.1, -0.05) is 32.7 Å². The van der Waals surface area contributed by atoms with E-state index in [1.807, 2.05) is 4.31 Å². The number of nitrogens with zero attached hydrogens (tertiary/aromatic N) is 4. The summed E-state index contributed by atoms with van der Waals surface area (Å²) in [5, 5.41) is 16.7. The molecule has 3 N–H and O–H groups in total. The number of nitrogens with one attached hydrogen (secondary N) is 1. The van der Waals surface area contributed by atoms with Crippen molar-refractivity contribution in [3.05, 3.63) is 57.3 Å². The van der Waals surface area contributed by atoms with E-state index in [-0.39, 0.29) is 22.2 Å². The third-order valence-electron chi connectivity index (χ3n) is 4.67. The second-order valence-electron chi connectivity index (χ2n) is 7.10. The first-order valence-electron chi connectivity index (χ1n) is 9.42. The molecule has 10 nitrogen and oxygen atoms in total. The van der Waals surface area contributed by atoms with Gasteiger partial charge in [0.25, 0.3) is 0 Å². The van der Waals surface area contributed by atoms with E-state index in [9.17, 15) is 13.2 Å². The number of methoxy groups -OCH3 is 1. The number of anilines is 1. The molecule has 14 heteroatoms. The average Bonchev–Trinajstić information content (AvgIpc) is 3.18. The predicted molar refractivity (Wildman–Crippen MR) is 128 cm³/mol. The van der Waals surface area contributed by atoms with Gasteiger partial charge in [-0.3, -0.25) is 4.79 Å². The molecule has 0 fully saturated rings. The number of ketones is 1. The van der Waals surface area contributed by atoms with Crippen LogP contribution in [-0.2, 0) is 23.1 Å². The van der Waals surface area contributed by atoms with Gasteiger partial charge in [-0.05, 0) is 42.3 Å². The first kappa shape index (κ1) is 24.0. The van der Waals surface area contributed by atoms with Crippen molar-refractivity contribution in [1.29, 1.82) is 0 Å². The minimum Gasteiger partial charge on any atom is -0.497 e. The van der Waals surface area contributed by atoms with Crippen LogP contribution < -0.4 is 15.2 Å². The number of benzene rings is 2. The van der Waals surface area contributed by atoms with Crippen molar-refractivity contribution in [3.63, 3.8) is 0 Å². The van der Waals surface area contributed by atoms with Crippen molar-refractivity contribution in [2.75, 3.05) is 19.1 Å². The van der Waals surface area contributed by atoms with Gasteiger partial charge in [0.1, 0.15) is 17.2 Å². The molecule has 1 aliphatic rings. The molecule has 1 aromatic heterocycles. The van der Waals surface area contributed by atoms with Crippen LogP contribution in [0.3, 0.4) is 0 Å². The minimum absolute atomic E-state index is 0.0249. The highest BCUT2D eigenvalue weighted by Gasteiger charge is 2.23. The van der Waals surface area contributed by atoms with Crippen LogP contribution in [0.25, 0.3) is 0 Å². The summed E-state index contributed by atoms with van der Waals surface area (Å²) in [7, 11) is -2.40. The number of hydrogen-bond donors (Lipinski definition) is 2. The SMILES string of the molecule is COc1cc(Br)cc(C(=O)Cn2cc(CN3CNc4cc(Cl)c(S(N)(=O)=O)cc4S3)nn2)c1. The summed E-state index contributed by atoms with van der Waals surface area (Å²) in [6.07, 6.45) is 1.70. The van der Waals surface area contributed by atoms with Crippen LogP contribution in [0.15, 0.2) is 50.8 Å². The van der Waals surface area contributed by atoms with E-state index in [2.05, 4.69) is 31.6 Å². The van der Waals surface area contributed by atoms with Crippen molar-refractivity contribution in [3.8, 4) is 5.75 Å². The van der Waals surface area contributed by atoms with Crippen molar-refractivity contribution >= 4 is 61.0 Å². The first-order valence-corrected chi connectivity index (χ1v) is 12.9. The third-order valence-corrected chi connectivity index (χ3v) is 7.56. The first-order chi connectivity index (χ1) is 15.6. The van der Waals surface area contributed by atoms with Crippen LogP contribution >= 0.6 is 39.5 Å². The molecule has 3 aromatic rings. The molecule has 0 unspecified atom stereocenters. The zero-order valence-electron chi connectivity index (χ0n) is 17.2. The molecule has 0 spiro atoms. The summed E-state index contributed by atoms with van der Waals surface area (Å²) in [6, 6.07) is 8.14. The topological polar surface area (TPSA) is 132 Å². The van der Waals surface area contributed by atoms with Gasteiger partial charge < -0.3 is 10.1 Å². The Hall–Kier alpha value is -2.16. The van der Waals surface area contributed by atoms with E-state index in [0.717, 1.165) is 4.47 Å². The van der Waals surface area contributed by atoms with E-state index >= 15 is 0 Å². The number of primary sulfonamides is 1. The quantitative estimate of drug-likeness (QED) is 0.323. The number of sulfonamides is 1. The Morgan fingerprint density at radius 1 is 1.33 bits per heavy atom. The van der Waals surface area contributed by atoms with E-state index in [1.54, 1.807) is 30.5 Å². The monoisotopic (exact) mass is 572 g/mol. The lowest BCUT2D eigenvalue weighted by Crippen LogP contribution is -2.27. The summed E-state index contributed by atoms with van der Waals surface area (Å²) >= 11 is 10.8. The second kappa shape index (κ2) is 9.60. The number of aromatic nitrogens is 3. The molecule has 0 saturated heterocycles. The molecular weight excluding hydrogens is 556 g/mol. The largest absolute Gasteiger partial charge is 0.497 e. The fourth-order valence-corrected chi connectivity index (χ4v) is 5.80. The van der Waals surface area contributed by atoms with Crippen LogP contribution in [0.2, 0.25) is 5.02 Å². The molecule has 33 heavy (non-hydrogen) atoms. The number of carbonyl (C=O) groups excluding carboxylic acids is 1. The summed E-state index contributed by atoms with van der Waals surface area (Å²) in [6.45, 7) is 0.896. The number of halogens is 2. The van der Waals surface area contributed by atoms with Gasteiger partial charge in [0.2, 0.25) is 10.0 Å². The van der Waals surface area contributed by atoms with E-state index in [0.29, 0.717) is 40.8 Å². The number of rotatable bonds is 7. The maximum absolute atomic E-state index is 12.7. The molecular formula is C19H18BrClN6O4S2. The van der Waals surface area contributed by atoms with Crippen LogP contribution in [0.4, 0.5) is 5.69 Å². The van der Waals surface area contributed by atoms with Crippen molar-refractivity contribution < 1.29 is 17.9 Å². The molecule has 4 rings (SSSR count). The van der Waals surface area contributed by atoms with Crippen LogP contribution in [0, 0.1) is 0 Å². The van der Waals surface area contributed by atoms with Gasteiger partial charge in [0, 0.05) is 14.9 Å². The van der Waals surface area contributed by atoms with E-state index in [4.69, 9.17) is 21.5 Å². The van der Waals surface area contributed by atoms with Crippen molar-refractivity contribution in [2.45, 2.75) is 22.9 Å². The Kier molecular flexibility index (Phi) is 6.98. The number of hydrogen-bond acceptors (Lipinski definition) is 9. The highest BCUT2D eigenvalue weighted by molar-refractivity contribution is 9.10. The van der Waals surface area contributed by atoms with Gasteiger partial charge in [-0.15, -0.1) is 5.10 Å². The lowest BCUT2D eigenvalue weighted by molar-refractivity contribution is 0.0966. The van der Waals surface area contributed by atoms with Crippen LogP contribution in [0.1, 0.15) is 16.1 Å². The smallest absolute Gasteiger partial charge is 0.239 e. The zero-order valence-corrected chi connectivity index (χ0v) is 21.1. The van der Waals surface area contributed by atoms with E-state index < -0.39 is 10.0 Å². The highest BCUT2D eigenvalue weighted by Crippen LogP contribution is 2.39. The van der Waals surface area contributed by atoms with Crippen molar-refractivity contribution in [2.24, 2.45) is 5.14 Å². The minimum atomic E-state index is -3.94. The van der Waals surface area contributed by atoms with Gasteiger partial charge >= 0.3 is 0 Å². The van der Waals surface area contributed by atoms with Gasteiger partial charge in [-0.25, -0.2) is 22.5 Å². The standard InChI is InChI=1S/C19H18BrClN6O4S2/c1-31-14-3-11(2-12(20)4-14)17(28)9-26-7-13(24-25-26)8-27-10-23-16-5-15(21)19(33(22,29)30)6-18(16)32-27/h2-7,23H,8-10H2,1H3,(H2,22,29,30). The molecule has 1 aliphatic heterocycles. The Morgan fingerprint density at radius 3 is 2.85 bits per heavy atom. The van der Waals surface area contributed by atoms with Crippen LogP contribution in [0.5, 0.6) is 5.75 Å². The Labute approximate surface area is 207 Å². The fraction of sp³-hybridized carbons (Fsp3) is 0.211. The Bertz CT molecular complexity index is 1330. The molecule has 0 bridgehead atoms. The summed E-state index contributed by atoms with van der Waals surface area (Å²) in [5.74, 6) is 0.440.